The number of aryl methyl sites for hydroxylation is 1. The molecule has 4 aromatic rings. The predicted octanol–water partition coefficient (Wildman–Crippen LogP) is 2.83. The topological polar surface area (TPSA) is 81.0 Å². The van der Waals surface area contributed by atoms with Crippen LogP contribution < -0.4 is 0 Å². The number of imide groups is 1. The van der Waals surface area contributed by atoms with Gasteiger partial charge in [-0.1, -0.05) is 30.3 Å². The highest BCUT2D eigenvalue weighted by molar-refractivity contribution is 6.27. The van der Waals surface area contributed by atoms with E-state index in [2.05, 4.69) is 15.1 Å². The van der Waals surface area contributed by atoms with Gasteiger partial charge in [0.1, 0.15) is 5.69 Å². The van der Waals surface area contributed by atoms with E-state index in [1.54, 1.807) is 24.1 Å². The van der Waals surface area contributed by atoms with E-state index < -0.39 is 0 Å². The molecule has 1 aliphatic rings. The first-order valence-corrected chi connectivity index (χ1v) is 8.81. The minimum Gasteiger partial charge on any atom is -0.270 e. The molecule has 0 saturated heterocycles. The van der Waals surface area contributed by atoms with Crippen molar-refractivity contribution >= 4 is 22.8 Å². The summed E-state index contributed by atoms with van der Waals surface area (Å²) in [5.74, 6) is -0.651. The third kappa shape index (κ3) is 2.33. The summed E-state index contributed by atoms with van der Waals surface area (Å²) in [6.45, 7) is 0.222. The fraction of sp³-hybridized carbons (Fsp3) is 0.0952. The van der Waals surface area contributed by atoms with Gasteiger partial charge in [0.15, 0.2) is 5.65 Å². The Morgan fingerprint density at radius 2 is 1.71 bits per heavy atom. The maximum atomic E-state index is 13.2. The second kappa shape index (κ2) is 6.09. The maximum absolute atomic E-state index is 13.2. The van der Waals surface area contributed by atoms with Crippen molar-refractivity contribution in [3.8, 4) is 11.3 Å². The molecule has 2 amide bonds. The first-order valence-electron chi connectivity index (χ1n) is 8.81. The second-order valence-corrected chi connectivity index (χ2v) is 6.64. The number of pyridine rings is 2. The Morgan fingerprint density at radius 1 is 0.964 bits per heavy atom. The lowest BCUT2D eigenvalue weighted by Crippen LogP contribution is -2.29. The molecule has 3 aromatic heterocycles. The van der Waals surface area contributed by atoms with Gasteiger partial charge in [-0.15, -0.1) is 0 Å². The smallest absolute Gasteiger partial charge is 0.263 e. The molecule has 136 valence electrons. The largest absolute Gasteiger partial charge is 0.270 e. The molecule has 1 aromatic carbocycles. The van der Waals surface area contributed by atoms with Gasteiger partial charge in [-0.25, -0.2) is 9.67 Å². The van der Waals surface area contributed by atoms with E-state index in [-0.39, 0.29) is 18.4 Å². The molecule has 0 radical (unpaired) electrons. The number of rotatable bonds is 3. The molecule has 0 aliphatic carbocycles. The lowest BCUT2D eigenvalue weighted by Gasteiger charge is -2.13. The van der Waals surface area contributed by atoms with E-state index in [0.717, 1.165) is 11.1 Å². The van der Waals surface area contributed by atoms with Crippen LogP contribution in [-0.2, 0) is 13.6 Å². The summed E-state index contributed by atoms with van der Waals surface area (Å²) in [6.07, 6.45) is 4.81. The van der Waals surface area contributed by atoms with E-state index in [4.69, 9.17) is 0 Å². The van der Waals surface area contributed by atoms with Gasteiger partial charge in [-0.2, -0.15) is 5.10 Å². The molecule has 5 rings (SSSR count). The predicted molar refractivity (Wildman–Crippen MR) is 102 cm³/mol. The lowest BCUT2D eigenvalue weighted by atomic mass is 10.0. The van der Waals surface area contributed by atoms with Crippen LogP contribution in [0.1, 0.15) is 26.3 Å². The van der Waals surface area contributed by atoms with Gasteiger partial charge >= 0.3 is 0 Å². The summed E-state index contributed by atoms with van der Waals surface area (Å²) < 4.78 is 1.63. The molecular formula is C21H15N5O2. The minimum absolute atomic E-state index is 0.222. The minimum atomic E-state index is -0.331. The molecule has 4 heterocycles. The lowest BCUT2D eigenvalue weighted by molar-refractivity contribution is 0.0643. The zero-order valence-corrected chi connectivity index (χ0v) is 15.0. The van der Waals surface area contributed by atoms with Crippen LogP contribution in [0.25, 0.3) is 22.3 Å². The summed E-state index contributed by atoms with van der Waals surface area (Å²) in [5.41, 5.74) is 3.57. The van der Waals surface area contributed by atoms with Crippen molar-refractivity contribution < 1.29 is 9.59 Å². The molecule has 28 heavy (non-hydrogen) atoms. The number of hydrogen-bond donors (Lipinski definition) is 0. The molecule has 0 atom stereocenters. The standard InChI is InChI=1S/C21H15N5O2/c1-25-19-17(18(24-25)14-7-9-22-10-8-14)16-15(11-23-19)20(27)26(21(16)28)12-13-5-3-2-4-6-13/h2-11H,12H2,1H3. The molecule has 1 aliphatic heterocycles. The molecular weight excluding hydrogens is 354 g/mol. The summed E-state index contributed by atoms with van der Waals surface area (Å²) >= 11 is 0. The van der Waals surface area contributed by atoms with Crippen molar-refractivity contribution in [1.29, 1.82) is 0 Å². The van der Waals surface area contributed by atoms with E-state index >= 15 is 0 Å². The Hall–Kier alpha value is -3.87. The van der Waals surface area contributed by atoms with Crippen LogP contribution in [0.15, 0.2) is 61.1 Å². The van der Waals surface area contributed by atoms with Gasteiger partial charge in [0.2, 0.25) is 0 Å². The quantitative estimate of drug-likeness (QED) is 0.519. The zero-order valence-electron chi connectivity index (χ0n) is 15.0. The Labute approximate surface area is 160 Å². The first kappa shape index (κ1) is 16.3. The second-order valence-electron chi connectivity index (χ2n) is 6.64. The number of fused-ring (bicyclic) bond motifs is 3. The summed E-state index contributed by atoms with van der Waals surface area (Å²) in [4.78, 5) is 35.9. The Balaban J connectivity index is 1.69. The highest BCUT2D eigenvalue weighted by Gasteiger charge is 2.39. The number of amides is 2. The van der Waals surface area contributed by atoms with Crippen LogP contribution in [-0.4, -0.2) is 36.5 Å². The molecule has 0 bridgehead atoms. The average Bonchev–Trinajstić information content (AvgIpc) is 3.19. The number of aromatic nitrogens is 4. The van der Waals surface area contributed by atoms with Gasteiger partial charge in [-0.3, -0.25) is 19.5 Å². The van der Waals surface area contributed by atoms with E-state index in [1.165, 1.54) is 11.1 Å². The van der Waals surface area contributed by atoms with E-state index in [0.29, 0.717) is 27.9 Å². The van der Waals surface area contributed by atoms with Crippen molar-refractivity contribution in [3.05, 3.63) is 77.7 Å². The van der Waals surface area contributed by atoms with Gasteiger partial charge in [0, 0.05) is 31.2 Å². The highest BCUT2D eigenvalue weighted by Crippen LogP contribution is 2.35. The van der Waals surface area contributed by atoms with Gasteiger partial charge in [-0.05, 0) is 17.7 Å². The van der Waals surface area contributed by atoms with E-state index in [9.17, 15) is 9.59 Å². The maximum Gasteiger partial charge on any atom is 0.263 e. The summed E-state index contributed by atoms with van der Waals surface area (Å²) in [7, 11) is 1.77. The van der Waals surface area contributed by atoms with Crippen LogP contribution >= 0.6 is 0 Å². The monoisotopic (exact) mass is 369 g/mol. The van der Waals surface area contributed by atoms with Crippen LogP contribution in [0, 0.1) is 0 Å². The molecule has 0 spiro atoms. The SMILES string of the molecule is Cn1nc(-c2ccncc2)c2c3c(cnc21)C(=O)N(Cc1ccccc1)C3=O. The third-order valence-corrected chi connectivity index (χ3v) is 4.92. The van der Waals surface area contributed by atoms with Crippen LogP contribution in [0.2, 0.25) is 0 Å². The molecule has 0 fully saturated rings. The molecule has 0 saturated carbocycles. The average molecular weight is 369 g/mol. The number of carbonyl (C=O) groups is 2. The van der Waals surface area contributed by atoms with Crippen LogP contribution in [0.3, 0.4) is 0 Å². The number of hydrogen-bond acceptors (Lipinski definition) is 5. The Bertz CT molecular complexity index is 1230. The molecule has 7 heteroatoms. The van der Waals surface area contributed by atoms with Gasteiger partial charge in [0.05, 0.1) is 23.1 Å². The third-order valence-electron chi connectivity index (χ3n) is 4.92. The van der Waals surface area contributed by atoms with Crippen molar-refractivity contribution in [2.24, 2.45) is 7.05 Å². The molecule has 7 nitrogen and oxygen atoms in total. The molecule has 0 unspecified atom stereocenters. The Kier molecular flexibility index (Phi) is 3.55. The van der Waals surface area contributed by atoms with Crippen LogP contribution in [0.5, 0.6) is 0 Å². The highest BCUT2D eigenvalue weighted by atomic mass is 16.2. The van der Waals surface area contributed by atoms with Crippen LogP contribution in [0.4, 0.5) is 0 Å². The van der Waals surface area contributed by atoms with Crippen molar-refractivity contribution in [2.75, 3.05) is 0 Å². The van der Waals surface area contributed by atoms with Gasteiger partial charge < -0.3 is 0 Å². The van der Waals surface area contributed by atoms with Crippen molar-refractivity contribution in [2.45, 2.75) is 6.54 Å². The number of nitrogens with zero attached hydrogens (tertiary/aromatic N) is 5. The number of benzene rings is 1. The van der Waals surface area contributed by atoms with E-state index in [1.807, 2.05) is 42.5 Å². The summed E-state index contributed by atoms with van der Waals surface area (Å²) in [6, 6.07) is 13.1. The zero-order chi connectivity index (χ0) is 19.3. The van der Waals surface area contributed by atoms with Gasteiger partial charge in [0.25, 0.3) is 11.8 Å². The Morgan fingerprint density at radius 3 is 2.46 bits per heavy atom. The fourth-order valence-electron chi connectivity index (χ4n) is 3.60. The first-order chi connectivity index (χ1) is 13.6. The molecule has 0 N–H and O–H groups in total. The normalized spacial score (nSPS) is 13.4. The fourth-order valence-corrected chi connectivity index (χ4v) is 3.60. The number of carbonyl (C=O) groups excluding carboxylic acids is 2. The van der Waals surface area contributed by atoms with Crippen molar-refractivity contribution in [1.82, 2.24) is 24.6 Å². The summed E-state index contributed by atoms with van der Waals surface area (Å²) in [5, 5.41) is 5.15. The van der Waals surface area contributed by atoms with Crippen molar-refractivity contribution in [3.63, 3.8) is 0 Å².